The number of para-hydroxylation sites is 1. The van der Waals surface area contributed by atoms with Crippen molar-refractivity contribution in [1.29, 1.82) is 0 Å². The third-order valence-electron chi connectivity index (χ3n) is 4.75. The minimum absolute atomic E-state index is 0.265. The Bertz CT molecular complexity index is 1320. The molecular formula is C23H18Cl2N4O3S. The summed E-state index contributed by atoms with van der Waals surface area (Å²) in [5.74, 6) is -0.832. The SMILES string of the molecule is CCOC(=O)c1cnc2ccc(/C=C3\SC(Nc4c(Cl)cccc4Cl)=NC3=O)cc2c1NC. The zero-order valence-electron chi connectivity index (χ0n) is 17.6. The first-order valence-electron chi connectivity index (χ1n) is 9.92. The van der Waals surface area contributed by atoms with Gasteiger partial charge in [-0.2, -0.15) is 4.99 Å². The van der Waals surface area contributed by atoms with E-state index in [-0.39, 0.29) is 12.5 Å². The van der Waals surface area contributed by atoms with Crippen molar-refractivity contribution in [2.45, 2.75) is 6.92 Å². The summed E-state index contributed by atoms with van der Waals surface area (Å²) in [6.07, 6.45) is 3.22. The van der Waals surface area contributed by atoms with Gasteiger partial charge in [-0.25, -0.2) is 4.79 Å². The molecule has 0 bridgehead atoms. The van der Waals surface area contributed by atoms with Gasteiger partial charge in [-0.15, -0.1) is 0 Å². The predicted octanol–water partition coefficient (Wildman–Crippen LogP) is 5.84. The number of carbonyl (C=O) groups excluding carboxylic acids is 2. The molecule has 1 amide bonds. The van der Waals surface area contributed by atoms with Crippen LogP contribution < -0.4 is 10.6 Å². The lowest BCUT2D eigenvalue weighted by Gasteiger charge is -2.12. The van der Waals surface area contributed by atoms with E-state index >= 15 is 0 Å². The van der Waals surface area contributed by atoms with Gasteiger partial charge >= 0.3 is 5.97 Å². The van der Waals surface area contributed by atoms with Crippen molar-refractivity contribution in [3.63, 3.8) is 0 Å². The smallest absolute Gasteiger partial charge is 0.341 e. The van der Waals surface area contributed by atoms with Gasteiger partial charge in [-0.1, -0.05) is 35.3 Å². The number of pyridine rings is 1. The molecule has 2 aromatic carbocycles. The van der Waals surface area contributed by atoms with E-state index in [4.69, 9.17) is 27.9 Å². The monoisotopic (exact) mass is 500 g/mol. The van der Waals surface area contributed by atoms with Crippen molar-refractivity contribution < 1.29 is 14.3 Å². The van der Waals surface area contributed by atoms with Crippen molar-refractivity contribution in [3.05, 3.63) is 68.7 Å². The zero-order chi connectivity index (χ0) is 23.5. The zero-order valence-corrected chi connectivity index (χ0v) is 19.9. The Morgan fingerprint density at radius 2 is 1.94 bits per heavy atom. The lowest BCUT2D eigenvalue weighted by molar-refractivity contribution is -0.113. The van der Waals surface area contributed by atoms with Crippen LogP contribution in [0.4, 0.5) is 11.4 Å². The summed E-state index contributed by atoms with van der Waals surface area (Å²) >= 11 is 13.6. The normalized spacial score (nSPS) is 14.5. The van der Waals surface area contributed by atoms with E-state index in [9.17, 15) is 9.59 Å². The van der Waals surface area contributed by atoms with Crippen molar-refractivity contribution in [2.75, 3.05) is 24.3 Å². The van der Waals surface area contributed by atoms with Crippen LogP contribution >= 0.6 is 35.0 Å². The molecule has 1 aliphatic heterocycles. The molecule has 10 heteroatoms. The van der Waals surface area contributed by atoms with E-state index < -0.39 is 5.97 Å². The summed E-state index contributed by atoms with van der Waals surface area (Å²) in [5, 5.41) is 8.04. The van der Waals surface area contributed by atoms with Crippen molar-refractivity contribution in [1.82, 2.24) is 4.98 Å². The average Bonchev–Trinajstić information content (AvgIpc) is 3.14. The molecule has 1 aliphatic rings. The van der Waals surface area contributed by atoms with Crippen molar-refractivity contribution >= 4 is 80.4 Å². The molecule has 33 heavy (non-hydrogen) atoms. The summed E-state index contributed by atoms with van der Waals surface area (Å²) in [5.41, 5.74) is 2.89. The fraction of sp³-hybridized carbons (Fsp3) is 0.130. The number of fused-ring (bicyclic) bond motifs is 1. The van der Waals surface area contributed by atoms with Gasteiger partial charge in [0.1, 0.15) is 5.56 Å². The largest absolute Gasteiger partial charge is 0.462 e. The average molecular weight is 501 g/mol. The Morgan fingerprint density at radius 3 is 2.64 bits per heavy atom. The van der Waals surface area contributed by atoms with Crippen LogP contribution in [0.15, 0.2) is 52.5 Å². The number of hydrogen-bond acceptors (Lipinski definition) is 7. The number of amides is 1. The number of esters is 1. The van der Waals surface area contributed by atoms with Gasteiger partial charge in [-0.3, -0.25) is 9.78 Å². The predicted molar refractivity (Wildman–Crippen MR) is 135 cm³/mol. The Kier molecular flexibility index (Phi) is 6.88. The van der Waals surface area contributed by atoms with Crippen LogP contribution in [0.1, 0.15) is 22.8 Å². The fourth-order valence-electron chi connectivity index (χ4n) is 3.27. The Morgan fingerprint density at radius 1 is 1.18 bits per heavy atom. The fourth-order valence-corrected chi connectivity index (χ4v) is 4.58. The van der Waals surface area contributed by atoms with E-state index in [0.717, 1.165) is 10.9 Å². The molecule has 4 rings (SSSR count). The lowest BCUT2D eigenvalue weighted by atomic mass is 10.1. The number of hydrogen-bond donors (Lipinski definition) is 2. The van der Waals surface area contributed by atoms with Crippen LogP contribution in [-0.4, -0.2) is 35.7 Å². The van der Waals surface area contributed by atoms with Crippen LogP contribution in [0.25, 0.3) is 17.0 Å². The number of thioether (sulfide) groups is 1. The summed E-state index contributed by atoms with van der Waals surface area (Å²) in [7, 11) is 1.73. The third kappa shape index (κ3) is 4.83. The minimum Gasteiger partial charge on any atom is -0.462 e. The number of nitrogens with zero attached hydrogens (tertiary/aromatic N) is 2. The van der Waals surface area contributed by atoms with E-state index in [1.165, 1.54) is 18.0 Å². The second-order valence-corrected chi connectivity index (χ2v) is 8.69. The number of rotatable bonds is 5. The number of aliphatic imine (C=N–C) groups is 1. The molecule has 0 spiro atoms. The molecule has 0 saturated carbocycles. The first-order valence-corrected chi connectivity index (χ1v) is 11.5. The molecule has 3 aromatic rings. The van der Waals surface area contributed by atoms with E-state index in [2.05, 4.69) is 20.6 Å². The van der Waals surface area contributed by atoms with Gasteiger partial charge < -0.3 is 15.4 Å². The maximum absolute atomic E-state index is 12.5. The molecule has 0 aliphatic carbocycles. The molecule has 7 nitrogen and oxygen atoms in total. The maximum Gasteiger partial charge on any atom is 0.341 e. The number of ether oxygens (including phenoxy) is 1. The van der Waals surface area contributed by atoms with Gasteiger partial charge in [0.25, 0.3) is 5.91 Å². The Hall–Kier alpha value is -3.07. The highest BCUT2D eigenvalue weighted by atomic mass is 35.5. The Balaban J connectivity index is 1.64. The van der Waals surface area contributed by atoms with E-state index in [1.807, 2.05) is 18.2 Å². The van der Waals surface area contributed by atoms with Gasteiger partial charge in [0, 0.05) is 18.6 Å². The summed E-state index contributed by atoms with van der Waals surface area (Å²) in [6, 6.07) is 10.6. The molecule has 2 N–H and O–H groups in total. The number of nitrogens with one attached hydrogen (secondary N) is 2. The molecule has 0 atom stereocenters. The molecule has 1 aromatic heterocycles. The highest BCUT2D eigenvalue weighted by Gasteiger charge is 2.23. The number of amidine groups is 1. The number of benzene rings is 2. The van der Waals surface area contributed by atoms with Crippen molar-refractivity contribution in [3.8, 4) is 0 Å². The summed E-state index contributed by atoms with van der Waals surface area (Å²) in [6.45, 7) is 2.01. The van der Waals surface area contributed by atoms with Crippen LogP contribution in [0.2, 0.25) is 10.0 Å². The highest BCUT2D eigenvalue weighted by molar-refractivity contribution is 8.18. The summed E-state index contributed by atoms with van der Waals surface area (Å²) < 4.78 is 5.13. The summed E-state index contributed by atoms with van der Waals surface area (Å²) in [4.78, 5) is 33.6. The minimum atomic E-state index is -0.455. The van der Waals surface area contributed by atoms with Crippen LogP contribution in [0.5, 0.6) is 0 Å². The molecule has 2 heterocycles. The topological polar surface area (TPSA) is 92.7 Å². The second kappa shape index (κ2) is 9.82. The lowest BCUT2D eigenvalue weighted by Crippen LogP contribution is -2.09. The first-order chi connectivity index (χ1) is 15.9. The standard InChI is InChI=1S/C23H18Cl2N4O3S/c1-3-32-22(31)14-11-27-17-8-7-12(9-13(17)19(14)26-2)10-18-21(30)29-23(33-18)28-20-15(24)5-4-6-16(20)25/h4-11H,3H2,1-2H3,(H,26,27)(H,28,29,30)/b18-10-. The number of aromatic nitrogens is 1. The van der Waals surface area contributed by atoms with Gasteiger partial charge in [-0.05, 0) is 54.6 Å². The Labute approximate surface area is 204 Å². The molecule has 0 unspecified atom stereocenters. The van der Waals surface area contributed by atoms with Crippen LogP contribution in [-0.2, 0) is 9.53 Å². The van der Waals surface area contributed by atoms with Crippen molar-refractivity contribution in [2.24, 2.45) is 4.99 Å². The van der Waals surface area contributed by atoms with Gasteiger partial charge in [0.15, 0.2) is 5.17 Å². The second-order valence-electron chi connectivity index (χ2n) is 6.85. The quantitative estimate of drug-likeness (QED) is 0.335. The van der Waals surface area contributed by atoms with Crippen LogP contribution in [0.3, 0.4) is 0 Å². The molecular weight excluding hydrogens is 483 g/mol. The molecule has 168 valence electrons. The van der Waals surface area contributed by atoms with Gasteiger partial charge in [0.05, 0.1) is 38.4 Å². The van der Waals surface area contributed by atoms with E-state index in [0.29, 0.717) is 42.6 Å². The molecule has 0 fully saturated rings. The van der Waals surface area contributed by atoms with Gasteiger partial charge in [0.2, 0.25) is 0 Å². The number of carbonyl (C=O) groups is 2. The number of halogens is 2. The van der Waals surface area contributed by atoms with Crippen LogP contribution in [0, 0.1) is 0 Å². The number of anilines is 2. The highest BCUT2D eigenvalue weighted by Crippen LogP contribution is 2.35. The maximum atomic E-state index is 12.5. The molecule has 0 saturated heterocycles. The molecule has 0 radical (unpaired) electrons. The first kappa shape index (κ1) is 23.1. The van der Waals surface area contributed by atoms with E-state index in [1.54, 1.807) is 38.2 Å². The third-order valence-corrected chi connectivity index (χ3v) is 6.28.